The predicted octanol–water partition coefficient (Wildman–Crippen LogP) is 0.828. The highest BCUT2D eigenvalue weighted by Crippen LogP contribution is 2.09. The van der Waals surface area contributed by atoms with Crippen LogP contribution < -0.4 is 16.6 Å². The molecule has 1 aromatic carbocycles. The van der Waals surface area contributed by atoms with Crippen LogP contribution in [0.2, 0.25) is 0 Å². The Labute approximate surface area is 132 Å². The molecule has 0 aliphatic rings. The van der Waals surface area contributed by atoms with Crippen LogP contribution in [0, 0.1) is 6.92 Å². The molecule has 0 saturated carbocycles. The smallest absolute Gasteiger partial charge is 0.326 e. The molecule has 1 atom stereocenters. The molecule has 0 saturated heterocycles. The molecule has 0 unspecified atom stereocenters. The topological polar surface area (TPSA) is 115 Å². The van der Waals surface area contributed by atoms with Crippen molar-refractivity contribution in [2.24, 2.45) is 0 Å². The van der Waals surface area contributed by atoms with Crippen LogP contribution in [0.15, 0.2) is 33.9 Å². The first-order chi connectivity index (χ1) is 10.9. The van der Waals surface area contributed by atoms with Crippen molar-refractivity contribution in [1.29, 1.82) is 0 Å². The fourth-order valence-electron chi connectivity index (χ4n) is 2.26. The zero-order chi connectivity index (χ0) is 17.0. The first-order valence-corrected chi connectivity index (χ1v) is 7.29. The zero-order valence-electron chi connectivity index (χ0n) is 13.0. The number of carbonyl (C=O) groups excluding carboxylic acids is 1. The van der Waals surface area contributed by atoms with Crippen LogP contribution >= 0.6 is 0 Å². The molecular formula is C16H19N3O4. The van der Waals surface area contributed by atoms with Crippen molar-refractivity contribution in [2.45, 2.75) is 32.7 Å². The minimum absolute atomic E-state index is 0.190. The van der Waals surface area contributed by atoms with Gasteiger partial charge >= 0.3 is 5.69 Å². The quantitative estimate of drug-likeness (QED) is 0.653. The summed E-state index contributed by atoms with van der Waals surface area (Å²) in [5, 5.41) is 12.2. The van der Waals surface area contributed by atoms with Gasteiger partial charge in [0.25, 0.3) is 11.5 Å². The van der Waals surface area contributed by atoms with E-state index in [1.807, 2.05) is 37.0 Å². The molecule has 4 N–H and O–H groups in total. The standard InChI is InChI=1S/C16H19N3O4/c1-9-4-3-5-11(8-9)7-6-10(2)17-14(21)12-13(20)15(22)19-16(23)18-12/h3-5,8,10,20H,6-7H2,1-2H3,(H,17,21)(H2,18,19,22,23)/t10-/m1/s1. The Bertz CT molecular complexity index is 823. The molecule has 2 rings (SSSR count). The lowest BCUT2D eigenvalue weighted by Gasteiger charge is -2.14. The summed E-state index contributed by atoms with van der Waals surface area (Å²) >= 11 is 0. The van der Waals surface area contributed by atoms with Crippen LogP contribution in [-0.4, -0.2) is 27.0 Å². The van der Waals surface area contributed by atoms with Crippen LogP contribution in [0.3, 0.4) is 0 Å². The molecule has 7 heteroatoms. The van der Waals surface area contributed by atoms with E-state index in [1.165, 1.54) is 11.1 Å². The van der Waals surface area contributed by atoms with E-state index in [2.05, 4.69) is 16.4 Å². The second kappa shape index (κ2) is 6.95. The first kappa shape index (κ1) is 16.5. The Hall–Kier alpha value is -2.83. The second-order valence-corrected chi connectivity index (χ2v) is 5.53. The van der Waals surface area contributed by atoms with E-state index in [1.54, 1.807) is 0 Å². The van der Waals surface area contributed by atoms with E-state index in [9.17, 15) is 19.5 Å². The lowest BCUT2D eigenvalue weighted by molar-refractivity contribution is 0.0929. The third-order valence-electron chi connectivity index (χ3n) is 3.47. The van der Waals surface area contributed by atoms with Gasteiger partial charge in [0.1, 0.15) is 0 Å². The maximum atomic E-state index is 12.1. The number of hydrogen-bond acceptors (Lipinski definition) is 4. The monoisotopic (exact) mass is 317 g/mol. The van der Waals surface area contributed by atoms with E-state index >= 15 is 0 Å². The number of H-pyrrole nitrogens is 2. The van der Waals surface area contributed by atoms with Crippen molar-refractivity contribution >= 4 is 5.91 Å². The third kappa shape index (κ3) is 4.32. The third-order valence-corrected chi connectivity index (χ3v) is 3.47. The lowest BCUT2D eigenvalue weighted by atomic mass is 10.0. The summed E-state index contributed by atoms with van der Waals surface area (Å²) in [5.74, 6) is -1.49. The Morgan fingerprint density at radius 3 is 2.74 bits per heavy atom. The van der Waals surface area contributed by atoms with Crippen LogP contribution in [0.1, 0.15) is 35.0 Å². The predicted molar refractivity (Wildman–Crippen MR) is 85.8 cm³/mol. The van der Waals surface area contributed by atoms with Gasteiger partial charge in [-0.25, -0.2) is 4.79 Å². The van der Waals surface area contributed by atoms with Crippen LogP contribution in [0.25, 0.3) is 0 Å². The number of carbonyl (C=O) groups is 1. The minimum atomic E-state index is -0.994. The highest BCUT2D eigenvalue weighted by molar-refractivity contribution is 5.94. The molecule has 7 nitrogen and oxygen atoms in total. The number of aromatic amines is 2. The number of amides is 1. The molecule has 23 heavy (non-hydrogen) atoms. The molecule has 0 bridgehead atoms. The van der Waals surface area contributed by atoms with Gasteiger partial charge in [0.2, 0.25) is 5.75 Å². The summed E-state index contributed by atoms with van der Waals surface area (Å²) in [6.45, 7) is 3.83. The van der Waals surface area contributed by atoms with Crippen molar-refractivity contribution in [2.75, 3.05) is 0 Å². The number of aromatic hydroxyl groups is 1. The van der Waals surface area contributed by atoms with Gasteiger partial charge in [-0.3, -0.25) is 19.6 Å². The molecular weight excluding hydrogens is 298 g/mol. The van der Waals surface area contributed by atoms with Crippen LogP contribution in [-0.2, 0) is 6.42 Å². The molecule has 2 aromatic rings. The fraction of sp³-hybridized carbons (Fsp3) is 0.312. The normalized spacial score (nSPS) is 11.9. The van der Waals surface area contributed by atoms with Gasteiger partial charge in [-0.2, -0.15) is 0 Å². The molecule has 0 spiro atoms. The lowest BCUT2D eigenvalue weighted by Crippen LogP contribution is -2.36. The summed E-state index contributed by atoms with van der Waals surface area (Å²) in [6.07, 6.45) is 1.46. The van der Waals surface area contributed by atoms with E-state index in [-0.39, 0.29) is 6.04 Å². The number of nitrogens with one attached hydrogen (secondary N) is 3. The molecule has 0 aliphatic carbocycles. The molecule has 1 amide bonds. The Balaban J connectivity index is 2.00. The average molecular weight is 317 g/mol. The Kier molecular flexibility index (Phi) is 5.00. The van der Waals surface area contributed by atoms with E-state index in [0.717, 1.165) is 6.42 Å². The van der Waals surface area contributed by atoms with Crippen molar-refractivity contribution in [3.05, 3.63) is 61.9 Å². The van der Waals surface area contributed by atoms with Crippen LogP contribution in [0.4, 0.5) is 0 Å². The second-order valence-electron chi connectivity index (χ2n) is 5.53. The number of benzene rings is 1. The molecule has 0 fully saturated rings. The van der Waals surface area contributed by atoms with Gasteiger partial charge in [-0.1, -0.05) is 29.8 Å². The number of aromatic nitrogens is 2. The molecule has 1 aromatic heterocycles. The molecule has 122 valence electrons. The van der Waals surface area contributed by atoms with Crippen molar-refractivity contribution in [1.82, 2.24) is 15.3 Å². The summed E-state index contributed by atoms with van der Waals surface area (Å²) < 4.78 is 0. The first-order valence-electron chi connectivity index (χ1n) is 7.29. The van der Waals surface area contributed by atoms with Crippen LogP contribution in [0.5, 0.6) is 5.75 Å². The van der Waals surface area contributed by atoms with Gasteiger partial charge in [0.15, 0.2) is 5.69 Å². The van der Waals surface area contributed by atoms with Gasteiger partial charge in [0, 0.05) is 6.04 Å². The summed E-state index contributed by atoms with van der Waals surface area (Å²) in [6, 6.07) is 7.90. The van der Waals surface area contributed by atoms with Gasteiger partial charge in [0.05, 0.1) is 0 Å². The fourth-order valence-corrected chi connectivity index (χ4v) is 2.26. The zero-order valence-corrected chi connectivity index (χ0v) is 13.0. The van der Waals surface area contributed by atoms with E-state index in [0.29, 0.717) is 6.42 Å². The highest BCUT2D eigenvalue weighted by Gasteiger charge is 2.17. The van der Waals surface area contributed by atoms with Crippen molar-refractivity contribution in [3.8, 4) is 5.75 Å². The SMILES string of the molecule is Cc1cccc(CC[C@@H](C)NC(=O)c2[nH]c(=O)[nH]c(=O)c2O)c1. The van der Waals surface area contributed by atoms with E-state index in [4.69, 9.17) is 0 Å². The highest BCUT2D eigenvalue weighted by atomic mass is 16.3. The molecule has 1 heterocycles. The number of aryl methyl sites for hydroxylation is 2. The molecule has 0 aliphatic heterocycles. The summed E-state index contributed by atoms with van der Waals surface area (Å²) in [5.41, 5.74) is 0.0709. The maximum absolute atomic E-state index is 12.1. The minimum Gasteiger partial charge on any atom is -0.501 e. The van der Waals surface area contributed by atoms with E-state index < -0.39 is 28.6 Å². The Morgan fingerprint density at radius 1 is 1.30 bits per heavy atom. The number of hydrogen-bond donors (Lipinski definition) is 4. The largest absolute Gasteiger partial charge is 0.501 e. The summed E-state index contributed by atoms with van der Waals surface area (Å²) in [4.78, 5) is 38.5. The Morgan fingerprint density at radius 2 is 2.04 bits per heavy atom. The maximum Gasteiger partial charge on any atom is 0.326 e. The van der Waals surface area contributed by atoms with Crippen molar-refractivity contribution < 1.29 is 9.90 Å². The van der Waals surface area contributed by atoms with Gasteiger partial charge in [-0.05, 0) is 32.3 Å². The van der Waals surface area contributed by atoms with Crippen molar-refractivity contribution in [3.63, 3.8) is 0 Å². The summed E-state index contributed by atoms with van der Waals surface area (Å²) in [7, 11) is 0. The molecule has 0 radical (unpaired) electrons. The number of rotatable bonds is 5. The van der Waals surface area contributed by atoms with Gasteiger partial charge < -0.3 is 10.4 Å². The van der Waals surface area contributed by atoms with Gasteiger partial charge in [-0.15, -0.1) is 0 Å². The average Bonchev–Trinajstić information content (AvgIpc) is 2.49.